The molecular formula is C14H28N2. The van der Waals surface area contributed by atoms with Crippen LogP contribution in [0.15, 0.2) is 0 Å². The molecule has 94 valence electrons. The molecule has 0 radical (unpaired) electrons. The molecule has 0 aromatic carbocycles. The number of rotatable bonds is 2. The van der Waals surface area contributed by atoms with Gasteiger partial charge in [0.1, 0.15) is 0 Å². The van der Waals surface area contributed by atoms with Crippen molar-refractivity contribution in [1.82, 2.24) is 10.2 Å². The van der Waals surface area contributed by atoms with Gasteiger partial charge in [0, 0.05) is 12.1 Å². The molecule has 2 rings (SSSR count). The molecule has 1 N–H and O–H groups in total. The van der Waals surface area contributed by atoms with Crippen LogP contribution in [0.3, 0.4) is 0 Å². The highest BCUT2D eigenvalue weighted by atomic mass is 15.2. The van der Waals surface area contributed by atoms with Crippen LogP contribution in [0.1, 0.15) is 58.3 Å². The molecule has 1 saturated carbocycles. The number of nitrogens with one attached hydrogen (secondary N) is 1. The number of hydrogen-bond acceptors (Lipinski definition) is 2. The summed E-state index contributed by atoms with van der Waals surface area (Å²) in [5.74, 6) is 0. The van der Waals surface area contributed by atoms with Gasteiger partial charge in [-0.25, -0.2) is 0 Å². The molecular weight excluding hydrogens is 196 g/mol. The van der Waals surface area contributed by atoms with Gasteiger partial charge in [-0.1, -0.05) is 26.2 Å². The molecule has 1 heterocycles. The van der Waals surface area contributed by atoms with E-state index in [0.717, 1.165) is 12.1 Å². The average Bonchev–Trinajstić information content (AvgIpc) is 2.30. The van der Waals surface area contributed by atoms with Crippen molar-refractivity contribution in [3.63, 3.8) is 0 Å². The van der Waals surface area contributed by atoms with Crippen LogP contribution in [-0.4, -0.2) is 36.6 Å². The van der Waals surface area contributed by atoms with Crippen LogP contribution in [-0.2, 0) is 0 Å². The predicted octanol–water partition coefficient (Wildman–Crippen LogP) is 2.78. The van der Waals surface area contributed by atoms with Crippen LogP contribution in [0.5, 0.6) is 0 Å². The lowest BCUT2D eigenvalue weighted by Gasteiger charge is -2.37. The lowest BCUT2D eigenvalue weighted by atomic mass is 9.93. The Hall–Kier alpha value is -0.0800. The summed E-state index contributed by atoms with van der Waals surface area (Å²) in [5.41, 5.74) is 0. The van der Waals surface area contributed by atoms with E-state index in [9.17, 15) is 0 Å². The number of hydrogen-bond donors (Lipinski definition) is 1. The highest BCUT2D eigenvalue weighted by Gasteiger charge is 2.22. The highest BCUT2D eigenvalue weighted by Crippen LogP contribution is 2.23. The fourth-order valence-corrected chi connectivity index (χ4v) is 3.28. The first kappa shape index (κ1) is 12.4. The fraction of sp³-hybridized carbons (Fsp3) is 1.00. The monoisotopic (exact) mass is 224 g/mol. The predicted molar refractivity (Wildman–Crippen MR) is 69.8 cm³/mol. The topological polar surface area (TPSA) is 15.3 Å². The van der Waals surface area contributed by atoms with Gasteiger partial charge in [0.15, 0.2) is 0 Å². The molecule has 1 saturated heterocycles. The van der Waals surface area contributed by atoms with Crippen molar-refractivity contribution in [1.29, 1.82) is 0 Å². The van der Waals surface area contributed by atoms with Crippen LogP contribution in [0.2, 0.25) is 0 Å². The van der Waals surface area contributed by atoms with E-state index >= 15 is 0 Å². The van der Waals surface area contributed by atoms with Crippen molar-refractivity contribution in [3.8, 4) is 0 Å². The first-order valence-electron chi connectivity index (χ1n) is 7.37. The Morgan fingerprint density at radius 2 is 1.81 bits per heavy atom. The van der Waals surface area contributed by atoms with Crippen LogP contribution in [0.25, 0.3) is 0 Å². The second-order valence-corrected chi connectivity index (χ2v) is 5.53. The smallest absolute Gasteiger partial charge is 0.00952 e. The van der Waals surface area contributed by atoms with E-state index in [2.05, 4.69) is 17.1 Å². The van der Waals surface area contributed by atoms with E-state index in [1.54, 1.807) is 0 Å². The van der Waals surface area contributed by atoms with Gasteiger partial charge in [0.2, 0.25) is 0 Å². The molecule has 2 aliphatic rings. The summed E-state index contributed by atoms with van der Waals surface area (Å²) in [6.45, 7) is 6.19. The first-order chi connectivity index (χ1) is 7.90. The Morgan fingerprint density at radius 1 is 1.00 bits per heavy atom. The van der Waals surface area contributed by atoms with Gasteiger partial charge in [-0.3, -0.25) is 0 Å². The Kier molecular flexibility index (Phi) is 5.11. The second kappa shape index (κ2) is 6.61. The maximum Gasteiger partial charge on any atom is 0.00952 e. The van der Waals surface area contributed by atoms with Gasteiger partial charge in [0.05, 0.1) is 0 Å². The van der Waals surface area contributed by atoms with Crippen molar-refractivity contribution in [3.05, 3.63) is 0 Å². The Balaban J connectivity index is 1.82. The van der Waals surface area contributed by atoms with Gasteiger partial charge >= 0.3 is 0 Å². The van der Waals surface area contributed by atoms with Gasteiger partial charge < -0.3 is 10.2 Å². The third kappa shape index (κ3) is 3.46. The summed E-state index contributed by atoms with van der Waals surface area (Å²) in [6.07, 6.45) is 11.3. The zero-order valence-electron chi connectivity index (χ0n) is 10.9. The first-order valence-corrected chi connectivity index (χ1v) is 7.37. The average molecular weight is 224 g/mol. The van der Waals surface area contributed by atoms with E-state index in [-0.39, 0.29) is 0 Å². The minimum Gasteiger partial charge on any atom is -0.314 e. The van der Waals surface area contributed by atoms with E-state index in [1.165, 1.54) is 71.0 Å². The molecule has 1 atom stereocenters. The third-order valence-corrected chi connectivity index (χ3v) is 4.40. The van der Waals surface area contributed by atoms with Crippen molar-refractivity contribution in [2.75, 3.05) is 19.6 Å². The van der Waals surface area contributed by atoms with Crippen molar-refractivity contribution >= 4 is 0 Å². The standard InChI is InChI=1S/C14H28N2/c1-2-13-9-12-16(11-6-10-15-13)14-7-4-3-5-8-14/h13-15H,2-12H2,1H3. The lowest BCUT2D eigenvalue weighted by Crippen LogP contribution is -2.44. The van der Waals surface area contributed by atoms with Gasteiger partial charge in [-0.05, 0) is 51.7 Å². The molecule has 2 fully saturated rings. The minimum absolute atomic E-state index is 0.770. The van der Waals surface area contributed by atoms with Crippen molar-refractivity contribution < 1.29 is 0 Å². The van der Waals surface area contributed by atoms with E-state index in [1.807, 2.05) is 0 Å². The number of nitrogens with zero attached hydrogens (tertiary/aromatic N) is 1. The lowest BCUT2D eigenvalue weighted by molar-refractivity contribution is 0.137. The largest absolute Gasteiger partial charge is 0.314 e. The molecule has 2 nitrogen and oxygen atoms in total. The van der Waals surface area contributed by atoms with Crippen molar-refractivity contribution in [2.24, 2.45) is 0 Å². The molecule has 16 heavy (non-hydrogen) atoms. The Bertz CT molecular complexity index is 187. The molecule has 0 bridgehead atoms. The summed E-state index contributed by atoms with van der Waals surface area (Å²) < 4.78 is 0. The summed E-state index contributed by atoms with van der Waals surface area (Å²) >= 11 is 0. The Labute approximate surface area is 101 Å². The summed E-state index contributed by atoms with van der Waals surface area (Å²) in [7, 11) is 0. The van der Waals surface area contributed by atoms with E-state index in [0.29, 0.717) is 0 Å². The molecule has 1 aliphatic heterocycles. The second-order valence-electron chi connectivity index (χ2n) is 5.53. The normalized spacial score (nSPS) is 30.9. The summed E-state index contributed by atoms with van der Waals surface area (Å²) in [5, 5.41) is 3.67. The maximum absolute atomic E-state index is 3.67. The molecule has 1 aliphatic carbocycles. The molecule has 1 unspecified atom stereocenters. The maximum atomic E-state index is 3.67. The quantitative estimate of drug-likeness (QED) is 0.776. The van der Waals surface area contributed by atoms with Crippen LogP contribution < -0.4 is 5.32 Å². The summed E-state index contributed by atoms with van der Waals surface area (Å²) in [6, 6.07) is 1.69. The van der Waals surface area contributed by atoms with Crippen LogP contribution in [0.4, 0.5) is 0 Å². The zero-order valence-corrected chi connectivity index (χ0v) is 10.9. The van der Waals surface area contributed by atoms with Gasteiger partial charge in [-0.15, -0.1) is 0 Å². The fourth-order valence-electron chi connectivity index (χ4n) is 3.28. The summed E-state index contributed by atoms with van der Waals surface area (Å²) in [4.78, 5) is 2.79. The minimum atomic E-state index is 0.770. The molecule has 0 aromatic rings. The van der Waals surface area contributed by atoms with Crippen LogP contribution >= 0.6 is 0 Å². The van der Waals surface area contributed by atoms with E-state index in [4.69, 9.17) is 0 Å². The molecule has 0 spiro atoms. The zero-order chi connectivity index (χ0) is 11.2. The molecule has 0 aromatic heterocycles. The Morgan fingerprint density at radius 3 is 2.56 bits per heavy atom. The molecule has 0 amide bonds. The van der Waals surface area contributed by atoms with Crippen molar-refractivity contribution in [2.45, 2.75) is 70.4 Å². The van der Waals surface area contributed by atoms with Crippen LogP contribution in [0, 0.1) is 0 Å². The third-order valence-electron chi connectivity index (χ3n) is 4.40. The SMILES string of the molecule is CCC1CCN(C2CCCCC2)CCCN1. The van der Waals surface area contributed by atoms with Gasteiger partial charge in [0.25, 0.3) is 0 Å². The highest BCUT2D eigenvalue weighted by molar-refractivity contribution is 4.79. The van der Waals surface area contributed by atoms with E-state index < -0.39 is 0 Å². The van der Waals surface area contributed by atoms with Gasteiger partial charge in [-0.2, -0.15) is 0 Å². The molecule has 2 heteroatoms.